The molecule has 0 aromatic carbocycles. The summed E-state index contributed by atoms with van der Waals surface area (Å²) in [7, 11) is 2.38. The third kappa shape index (κ3) is 4.60. The van der Waals surface area contributed by atoms with Crippen LogP contribution < -0.4 is 0 Å². The minimum Gasteiger partial charge on any atom is -0.117 e. The number of hydrogen-bond acceptors (Lipinski definition) is 0. The first-order valence-electron chi connectivity index (χ1n) is 1.49. The van der Waals surface area contributed by atoms with Crippen molar-refractivity contribution in [3.8, 4) is 0 Å². The molecule has 0 aromatic heterocycles. The maximum atomic E-state index is 3.65. The maximum absolute atomic E-state index is 3.65. The van der Waals surface area contributed by atoms with Crippen molar-refractivity contribution in [3.63, 3.8) is 0 Å². The van der Waals surface area contributed by atoms with Crippen molar-refractivity contribution < 1.29 is 0 Å². The average molecular weight is 106 g/mol. The van der Waals surface area contributed by atoms with Crippen LogP contribution in [0.5, 0.6) is 0 Å². The Labute approximate surface area is 36.6 Å². The fourth-order valence-electron chi connectivity index (χ4n) is 0.112. The summed E-state index contributed by atoms with van der Waals surface area (Å²) in [6.45, 7) is 2.19. The molecule has 30 valence electrons. The second-order valence-electron chi connectivity index (χ2n) is 0.735. The molecule has 0 aromatic rings. The van der Waals surface area contributed by atoms with E-state index in [1.807, 2.05) is 0 Å². The zero-order valence-corrected chi connectivity index (χ0v) is 5.26. The van der Waals surface area contributed by atoms with Gasteiger partial charge in [-0.3, -0.25) is 0 Å². The van der Waals surface area contributed by atoms with Crippen molar-refractivity contribution in [2.45, 2.75) is 0 Å². The Morgan fingerprint density at radius 3 is 2.60 bits per heavy atom. The van der Waals surface area contributed by atoms with Crippen LogP contribution in [0.15, 0.2) is 0 Å². The van der Waals surface area contributed by atoms with Crippen LogP contribution in [-0.2, 0) is 0 Å². The van der Waals surface area contributed by atoms with E-state index in [2.05, 4.69) is 13.0 Å². The summed E-state index contributed by atoms with van der Waals surface area (Å²) in [5.41, 5.74) is 0. The predicted octanol–water partition coefficient (Wildman–Crippen LogP) is 1.63. The van der Waals surface area contributed by atoms with Crippen molar-refractivity contribution >= 4 is 23.1 Å². The lowest BCUT2D eigenvalue weighted by Gasteiger charge is -1.73. The zero-order chi connectivity index (χ0) is 4.12. The molecule has 0 saturated heterocycles. The molecule has 0 bridgehead atoms. The summed E-state index contributed by atoms with van der Waals surface area (Å²) in [6.07, 6.45) is 3.65. The Hall–Kier alpha value is 0.600. The van der Waals surface area contributed by atoms with Gasteiger partial charge in [-0.05, 0) is 6.66 Å². The number of hydrogen-bond donors (Lipinski definition) is 0. The Morgan fingerprint density at radius 1 is 2.00 bits per heavy atom. The van der Waals surface area contributed by atoms with E-state index in [0.717, 1.165) is 8.58 Å². The first-order valence-corrected chi connectivity index (χ1v) is 4.46. The molecule has 0 saturated carbocycles. The molecule has 0 amide bonds. The molecule has 0 nitrogen and oxygen atoms in total. The van der Waals surface area contributed by atoms with Crippen LogP contribution >= 0.6 is 16.8 Å². The van der Waals surface area contributed by atoms with Crippen LogP contribution in [0.3, 0.4) is 0 Å². The first-order chi connectivity index (χ1) is 2.41. The van der Waals surface area contributed by atoms with Gasteiger partial charge in [0.1, 0.15) is 0 Å². The molecule has 0 spiro atoms. The molecule has 1 unspecified atom stereocenters. The molecule has 0 rings (SSSR count). The molecule has 0 heterocycles. The van der Waals surface area contributed by atoms with Gasteiger partial charge in [0, 0.05) is 5.90 Å². The second kappa shape index (κ2) is 4.60. The van der Waals surface area contributed by atoms with Crippen LogP contribution in [0.4, 0.5) is 0 Å². The van der Waals surface area contributed by atoms with Gasteiger partial charge >= 0.3 is 0 Å². The zero-order valence-electron chi connectivity index (χ0n) is 3.36. The van der Waals surface area contributed by atoms with Crippen molar-refractivity contribution in [3.05, 3.63) is 0 Å². The highest BCUT2D eigenvalue weighted by molar-refractivity contribution is 7.54. The average Bonchev–Trinajstić information content (AvgIpc) is 1.41. The van der Waals surface area contributed by atoms with Crippen LogP contribution in [0.2, 0.25) is 0 Å². The lowest BCUT2D eigenvalue weighted by molar-refractivity contribution is 2.19. The molecule has 0 aliphatic carbocycles. The molecule has 0 aliphatic rings. The third-order valence-corrected chi connectivity index (χ3v) is 2.43. The van der Waals surface area contributed by atoms with E-state index in [9.17, 15) is 0 Å². The molecule has 0 aliphatic heterocycles. The van der Waals surface area contributed by atoms with Gasteiger partial charge in [-0.1, -0.05) is 6.30 Å². The lowest BCUT2D eigenvalue weighted by Crippen LogP contribution is -1.42. The van der Waals surface area contributed by atoms with E-state index in [-0.39, 0.29) is 0 Å². The normalized spacial score (nSPS) is 11.4. The molecular weight excluding hydrogens is 98.0 g/mol. The van der Waals surface area contributed by atoms with E-state index in [4.69, 9.17) is 0 Å². The van der Waals surface area contributed by atoms with Gasteiger partial charge in [0.05, 0.1) is 0 Å². The topological polar surface area (TPSA) is 0 Å². The van der Waals surface area contributed by atoms with Crippen LogP contribution in [0.25, 0.3) is 0 Å². The summed E-state index contributed by atoms with van der Waals surface area (Å²) in [5, 5.41) is 0. The van der Waals surface area contributed by atoms with Gasteiger partial charge in [-0.25, -0.2) is 0 Å². The molecule has 0 fully saturated rings. The minimum atomic E-state index is 1.08. The smallest absolute Gasteiger partial charge is 0.00616 e. The fraction of sp³-hybridized carbons (Fsp3) is 0.667. The van der Waals surface area contributed by atoms with E-state index in [1.54, 1.807) is 0 Å². The Balaban J connectivity index is 2.40. The first kappa shape index (κ1) is 5.60. The Bertz CT molecular complexity index is 26.1. The highest BCUT2D eigenvalue weighted by Crippen LogP contribution is 2.08. The third-order valence-electron chi connectivity index (χ3n) is 0.270. The highest BCUT2D eigenvalue weighted by Gasteiger charge is 1.61. The largest absolute Gasteiger partial charge is 0.117 e. The molecule has 0 radical (unpaired) electrons. The summed E-state index contributed by atoms with van der Waals surface area (Å²) in [4.78, 5) is 0. The minimum absolute atomic E-state index is 1.08. The number of rotatable bonds is 2. The molecule has 5 heavy (non-hydrogen) atoms. The molecular formula is C3H8P2. The van der Waals surface area contributed by atoms with Crippen LogP contribution in [0, 0.1) is 0 Å². The quantitative estimate of drug-likeness (QED) is 0.469. The van der Waals surface area contributed by atoms with E-state index < -0.39 is 0 Å². The molecule has 0 N–H and O–H groups in total. The highest BCUT2D eigenvalue weighted by atomic mass is 31.1. The van der Waals surface area contributed by atoms with Gasteiger partial charge in [0.2, 0.25) is 0 Å². The Kier molecular flexibility index (Phi) is 5.15. The van der Waals surface area contributed by atoms with Crippen LogP contribution in [0.1, 0.15) is 0 Å². The van der Waals surface area contributed by atoms with Crippen molar-refractivity contribution in [2.24, 2.45) is 0 Å². The molecule has 1 atom stereocenters. The standard InChI is InChI=1S/C3H8P2/c1-4-3-5-2/h5H,1,3H2,2H3. The SMILES string of the molecule is C=PCPC. The molecule has 2 heteroatoms. The lowest BCUT2D eigenvalue weighted by atomic mass is 11.9. The van der Waals surface area contributed by atoms with E-state index in [1.165, 1.54) is 14.1 Å². The summed E-state index contributed by atoms with van der Waals surface area (Å²) in [5.74, 6) is 1.28. The van der Waals surface area contributed by atoms with Gasteiger partial charge in [-0.15, -0.1) is 16.8 Å². The second-order valence-corrected chi connectivity index (χ2v) is 3.15. The Morgan fingerprint density at radius 2 is 2.60 bits per heavy atom. The van der Waals surface area contributed by atoms with E-state index in [0.29, 0.717) is 0 Å². The van der Waals surface area contributed by atoms with Crippen molar-refractivity contribution in [1.29, 1.82) is 0 Å². The predicted molar refractivity (Wildman–Crippen MR) is 33.1 cm³/mol. The van der Waals surface area contributed by atoms with Gasteiger partial charge in [0.25, 0.3) is 0 Å². The van der Waals surface area contributed by atoms with Gasteiger partial charge in [0.15, 0.2) is 0 Å². The monoisotopic (exact) mass is 106 g/mol. The van der Waals surface area contributed by atoms with Crippen molar-refractivity contribution in [2.75, 3.05) is 12.6 Å². The fourth-order valence-corrected chi connectivity index (χ4v) is 1.01. The summed E-state index contributed by atoms with van der Waals surface area (Å²) >= 11 is 0. The van der Waals surface area contributed by atoms with Gasteiger partial charge < -0.3 is 0 Å². The van der Waals surface area contributed by atoms with Crippen molar-refractivity contribution in [1.82, 2.24) is 0 Å². The van der Waals surface area contributed by atoms with Gasteiger partial charge in [-0.2, -0.15) is 0 Å². The summed E-state index contributed by atoms with van der Waals surface area (Å²) in [6, 6.07) is 0. The maximum Gasteiger partial charge on any atom is 0.00616 e. The van der Waals surface area contributed by atoms with Crippen LogP contribution in [-0.4, -0.2) is 18.9 Å². The van der Waals surface area contributed by atoms with E-state index >= 15 is 0 Å². The summed E-state index contributed by atoms with van der Waals surface area (Å²) < 4.78 is 0.